The van der Waals surface area contributed by atoms with Gasteiger partial charge in [-0.3, -0.25) is 0 Å². The van der Waals surface area contributed by atoms with Crippen LogP contribution in [0.25, 0.3) is 0 Å². The number of aromatic nitrogens is 3. The van der Waals surface area contributed by atoms with Gasteiger partial charge >= 0.3 is 6.61 Å². The molecular formula is C16H16F3N3OS. The fraction of sp³-hybridized carbons (Fsp3) is 0.500. The average Bonchev–Trinajstić information content (AvgIpc) is 3.06. The Hall–Kier alpha value is -1.54. The van der Waals surface area contributed by atoms with E-state index in [0.29, 0.717) is 30.2 Å². The Morgan fingerprint density at radius 1 is 1.17 bits per heavy atom. The first-order valence-electron chi connectivity index (χ1n) is 7.86. The zero-order valence-electron chi connectivity index (χ0n) is 12.7. The fourth-order valence-electron chi connectivity index (χ4n) is 3.18. The molecule has 2 aliphatic rings. The van der Waals surface area contributed by atoms with Crippen molar-refractivity contribution in [1.29, 1.82) is 0 Å². The molecule has 1 aliphatic carbocycles. The molecule has 4 rings (SSSR count). The Balaban J connectivity index is 1.44. The maximum atomic E-state index is 14.3. The number of alkyl halides is 3. The molecule has 24 heavy (non-hydrogen) atoms. The van der Waals surface area contributed by atoms with Gasteiger partial charge in [-0.05, 0) is 18.4 Å². The van der Waals surface area contributed by atoms with Gasteiger partial charge in [0.25, 0.3) is 0 Å². The van der Waals surface area contributed by atoms with E-state index in [-0.39, 0.29) is 11.3 Å². The Morgan fingerprint density at radius 2 is 1.92 bits per heavy atom. The monoisotopic (exact) mass is 355 g/mol. The Labute approximate surface area is 141 Å². The number of fused-ring (bicyclic) bond motifs is 1. The van der Waals surface area contributed by atoms with Gasteiger partial charge in [0.15, 0.2) is 12.0 Å². The number of benzene rings is 1. The smallest absolute Gasteiger partial charge is 0.320 e. The first-order chi connectivity index (χ1) is 11.6. The minimum absolute atomic E-state index is 0.144. The van der Waals surface area contributed by atoms with E-state index in [0.717, 1.165) is 5.56 Å². The highest BCUT2D eigenvalue weighted by atomic mass is 32.2. The van der Waals surface area contributed by atoms with Crippen molar-refractivity contribution in [2.45, 2.75) is 54.6 Å². The summed E-state index contributed by atoms with van der Waals surface area (Å²) in [7, 11) is 0. The average molecular weight is 355 g/mol. The number of rotatable bonds is 5. The molecule has 0 unspecified atom stereocenters. The standard InChI is InChI=1S/C16H16F3N3OS/c17-12-8-13(9-4-2-1-3-5-9)22-14(12)20-16(21-22)24-11-6-10(7-11)23-15(18)19/h1-5,10-13,15H,6-8H2/t10-,11-,12-,13-/m0/s1. The molecule has 2 heterocycles. The van der Waals surface area contributed by atoms with Crippen molar-refractivity contribution >= 4 is 11.8 Å². The molecule has 1 aliphatic heterocycles. The topological polar surface area (TPSA) is 39.9 Å². The van der Waals surface area contributed by atoms with Crippen LogP contribution < -0.4 is 0 Å². The summed E-state index contributed by atoms with van der Waals surface area (Å²) in [4.78, 5) is 4.31. The summed E-state index contributed by atoms with van der Waals surface area (Å²) in [5.41, 5.74) is 1.01. The molecule has 1 aromatic heterocycles. The molecule has 1 saturated carbocycles. The second-order valence-electron chi connectivity index (χ2n) is 6.06. The van der Waals surface area contributed by atoms with Gasteiger partial charge in [0.05, 0.1) is 12.1 Å². The van der Waals surface area contributed by atoms with Crippen LogP contribution in [-0.2, 0) is 4.74 Å². The van der Waals surface area contributed by atoms with Crippen LogP contribution in [0, 0.1) is 0 Å². The van der Waals surface area contributed by atoms with Crippen LogP contribution >= 0.6 is 11.8 Å². The van der Waals surface area contributed by atoms with Crippen LogP contribution in [0.5, 0.6) is 0 Å². The third-order valence-corrected chi connectivity index (χ3v) is 5.55. The second-order valence-corrected chi connectivity index (χ2v) is 7.32. The highest BCUT2D eigenvalue weighted by Gasteiger charge is 2.38. The summed E-state index contributed by atoms with van der Waals surface area (Å²) in [6.07, 6.45) is -0.103. The first kappa shape index (κ1) is 16.0. The summed E-state index contributed by atoms with van der Waals surface area (Å²) >= 11 is 1.41. The lowest BCUT2D eigenvalue weighted by Crippen LogP contribution is -2.34. The lowest BCUT2D eigenvalue weighted by atomic mass is 9.95. The quantitative estimate of drug-likeness (QED) is 0.808. The van der Waals surface area contributed by atoms with E-state index < -0.39 is 18.9 Å². The number of ether oxygens (including phenoxy) is 1. The minimum Gasteiger partial charge on any atom is -0.320 e. The lowest BCUT2D eigenvalue weighted by molar-refractivity contribution is -0.178. The molecular weight excluding hydrogens is 339 g/mol. The summed E-state index contributed by atoms with van der Waals surface area (Å²) in [6.45, 7) is -2.73. The summed E-state index contributed by atoms with van der Waals surface area (Å²) in [5, 5.41) is 5.10. The highest BCUT2D eigenvalue weighted by Crippen LogP contribution is 2.42. The molecule has 128 valence electrons. The number of hydrogen-bond acceptors (Lipinski definition) is 4. The van der Waals surface area contributed by atoms with Crippen molar-refractivity contribution < 1.29 is 17.9 Å². The van der Waals surface area contributed by atoms with Gasteiger partial charge in [-0.25, -0.2) is 14.1 Å². The molecule has 0 radical (unpaired) electrons. The van der Waals surface area contributed by atoms with Gasteiger partial charge in [0.2, 0.25) is 5.16 Å². The maximum Gasteiger partial charge on any atom is 0.345 e. The largest absolute Gasteiger partial charge is 0.345 e. The first-order valence-corrected chi connectivity index (χ1v) is 8.74. The van der Waals surface area contributed by atoms with E-state index in [4.69, 9.17) is 0 Å². The molecule has 0 N–H and O–H groups in total. The van der Waals surface area contributed by atoms with Crippen molar-refractivity contribution in [3.8, 4) is 0 Å². The summed E-state index contributed by atoms with van der Waals surface area (Å²) in [5.74, 6) is 0.353. The van der Waals surface area contributed by atoms with Crippen LogP contribution in [0.1, 0.15) is 42.9 Å². The minimum atomic E-state index is -2.73. The molecule has 0 spiro atoms. The molecule has 4 nitrogen and oxygen atoms in total. The van der Waals surface area contributed by atoms with Gasteiger partial charge in [0.1, 0.15) is 0 Å². The second kappa shape index (κ2) is 6.40. The Kier molecular flexibility index (Phi) is 4.26. The van der Waals surface area contributed by atoms with Crippen LogP contribution in [0.2, 0.25) is 0 Å². The normalized spacial score (nSPS) is 28.8. The molecule has 0 bridgehead atoms. The third kappa shape index (κ3) is 3.04. The number of thioether (sulfide) groups is 1. The van der Waals surface area contributed by atoms with Crippen LogP contribution in [0.4, 0.5) is 13.2 Å². The van der Waals surface area contributed by atoms with Gasteiger partial charge in [-0.1, -0.05) is 42.1 Å². The van der Waals surface area contributed by atoms with E-state index in [1.165, 1.54) is 11.8 Å². The van der Waals surface area contributed by atoms with Gasteiger partial charge in [0, 0.05) is 11.7 Å². The van der Waals surface area contributed by atoms with Crippen molar-refractivity contribution in [3.63, 3.8) is 0 Å². The summed E-state index contributed by atoms with van der Waals surface area (Å²) < 4.78 is 44.6. The van der Waals surface area contributed by atoms with Gasteiger partial charge in [-0.2, -0.15) is 8.78 Å². The van der Waals surface area contributed by atoms with Crippen LogP contribution in [0.3, 0.4) is 0 Å². The van der Waals surface area contributed by atoms with Gasteiger partial charge in [-0.15, -0.1) is 5.10 Å². The van der Waals surface area contributed by atoms with Crippen LogP contribution in [-0.4, -0.2) is 32.7 Å². The third-order valence-electron chi connectivity index (χ3n) is 4.45. The maximum absolute atomic E-state index is 14.3. The predicted molar refractivity (Wildman–Crippen MR) is 82.8 cm³/mol. The van der Waals surface area contributed by atoms with Crippen molar-refractivity contribution in [3.05, 3.63) is 41.7 Å². The lowest BCUT2D eigenvalue weighted by Gasteiger charge is -2.33. The summed E-state index contributed by atoms with van der Waals surface area (Å²) in [6, 6.07) is 9.53. The van der Waals surface area contributed by atoms with Crippen LogP contribution in [0.15, 0.2) is 35.5 Å². The van der Waals surface area contributed by atoms with E-state index in [9.17, 15) is 13.2 Å². The predicted octanol–water partition coefficient (Wildman–Crippen LogP) is 4.14. The molecule has 0 saturated heterocycles. The Bertz CT molecular complexity index is 706. The van der Waals surface area contributed by atoms with E-state index in [1.54, 1.807) is 4.68 Å². The highest BCUT2D eigenvalue weighted by molar-refractivity contribution is 7.99. The number of halogens is 3. The SMILES string of the molecule is FC(F)O[C@H]1C[C@H](Sc2nc3n(n2)[C@H](c2ccccc2)C[C@@H]3F)C1. The Morgan fingerprint density at radius 3 is 2.62 bits per heavy atom. The molecule has 2 atom stereocenters. The fourth-order valence-corrected chi connectivity index (χ4v) is 4.38. The zero-order chi connectivity index (χ0) is 16.7. The van der Waals surface area contributed by atoms with Crippen molar-refractivity contribution in [2.24, 2.45) is 0 Å². The van der Waals surface area contributed by atoms with E-state index in [1.807, 2.05) is 30.3 Å². The van der Waals surface area contributed by atoms with E-state index in [2.05, 4.69) is 14.8 Å². The molecule has 1 aromatic carbocycles. The molecule has 8 heteroatoms. The number of nitrogens with zero attached hydrogens (tertiary/aromatic N) is 3. The molecule has 2 aromatic rings. The zero-order valence-corrected chi connectivity index (χ0v) is 13.5. The van der Waals surface area contributed by atoms with Gasteiger partial charge < -0.3 is 4.74 Å². The number of hydrogen-bond donors (Lipinski definition) is 0. The molecule has 0 amide bonds. The van der Waals surface area contributed by atoms with Crippen molar-refractivity contribution in [2.75, 3.05) is 0 Å². The molecule has 1 fully saturated rings. The van der Waals surface area contributed by atoms with Crippen molar-refractivity contribution in [1.82, 2.24) is 14.8 Å². The van der Waals surface area contributed by atoms with E-state index >= 15 is 0 Å².